The van der Waals surface area contributed by atoms with E-state index in [1.165, 1.54) is 30.3 Å². The van der Waals surface area contributed by atoms with Crippen molar-refractivity contribution in [1.82, 2.24) is 0 Å². The number of aryl methyl sites for hydroxylation is 1. The topological polar surface area (TPSA) is 18.5 Å². The fraction of sp³-hybridized carbons (Fsp3) is 0.297. The average Bonchev–Trinajstić information content (AvgIpc) is 3.03. The second-order valence-corrected chi connectivity index (χ2v) is 11.7. The van der Waals surface area contributed by atoms with E-state index in [2.05, 4.69) is 4.74 Å². The van der Waals surface area contributed by atoms with Crippen LogP contribution in [0, 0.1) is 23.3 Å². The predicted molar refractivity (Wildman–Crippen MR) is 163 cm³/mol. The Morgan fingerprint density at radius 2 is 1.27 bits per heavy atom. The van der Waals surface area contributed by atoms with E-state index in [-0.39, 0.29) is 33.7 Å². The number of benzene rings is 4. The fourth-order valence-electron chi connectivity index (χ4n) is 5.94. The van der Waals surface area contributed by atoms with E-state index in [9.17, 15) is 30.7 Å². The van der Waals surface area contributed by atoms with Gasteiger partial charge in [0, 0.05) is 11.1 Å². The molecule has 0 saturated heterocycles. The van der Waals surface area contributed by atoms with Crippen molar-refractivity contribution >= 4 is 0 Å². The van der Waals surface area contributed by atoms with Gasteiger partial charge in [-0.15, -0.1) is 13.2 Å². The Morgan fingerprint density at radius 3 is 1.85 bits per heavy atom. The molecule has 0 radical (unpaired) electrons. The normalized spacial score (nSPS) is 17.2. The highest BCUT2D eigenvalue weighted by atomic mass is 19.4. The molecule has 0 heterocycles. The minimum Gasteiger partial charge on any atom is -0.399 e. The van der Waals surface area contributed by atoms with E-state index in [1.807, 2.05) is 19.1 Å². The summed E-state index contributed by atoms with van der Waals surface area (Å²) in [6, 6.07) is 15.0. The Morgan fingerprint density at radius 1 is 0.688 bits per heavy atom. The summed E-state index contributed by atoms with van der Waals surface area (Å²) in [5.74, 6) is -6.78. The second-order valence-electron chi connectivity index (χ2n) is 11.7. The van der Waals surface area contributed by atoms with Crippen molar-refractivity contribution in [2.45, 2.75) is 69.9 Å². The van der Waals surface area contributed by atoms with Crippen LogP contribution in [0.15, 0.2) is 84.9 Å². The quantitative estimate of drug-likeness (QED) is 0.123. The van der Waals surface area contributed by atoms with Crippen LogP contribution >= 0.6 is 0 Å². The monoisotopic (exact) mass is 678 g/mol. The molecule has 48 heavy (non-hydrogen) atoms. The first-order valence-electron chi connectivity index (χ1n) is 15.3. The van der Waals surface area contributed by atoms with Crippen LogP contribution in [0.5, 0.6) is 5.75 Å². The Bertz CT molecular complexity index is 1730. The van der Waals surface area contributed by atoms with Crippen molar-refractivity contribution in [3.63, 3.8) is 0 Å². The second kappa shape index (κ2) is 14.5. The van der Waals surface area contributed by atoms with Gasteiger partial charge < -0.3 is 9.47 Å². The summed E-state index contributed by atoms with van der Waals surface area (Å²) in [6.45, 7) is 1.92. The lowest BCUT2D eigenvalue weighted by molar-refractivity contribution is -0.277. The number of hydrogen-bond donors (Lipinski definition) is 0. The molecule has 0 amide bonds. The molecule has 4 aromatic rings. The zero-order chi connectivity index (χ0) is 34.6. The Hall–Kier alpha value is -4.25. The van der Waals surface area contributed by atoms with Crippen LogP contribution in [0.4, 0.5) is 39.5 Å². The average molecular weight is 679 g/mol. The van der Waals surface area contributed by atoms with Gasteiger partial charge in [-0.1, -0.05) is 60.7 Å². The third-order valence-electron chi connectivity index (χ3n) is 8.39. The molecular weight excluding hydrogens is 647 g/mol. The maximum atomic E-state index is 15.3. The molecule has 1 fully saturated rings. The lowest BCUT2D eigenvalue weighted by Crippen LogP contribution is -2.29. The van der Waals surface area contributed by atoms with Crippen LogP contribution in [-0.4, -0.2) is 12.5 Å². The summed E-state index contributed by atoms with van der Waals surface area (Å²) in [5, 5.41) is 0. The van der Waals surface area contributed by atoms with Gasteiger partial charge in [0.15, 0.2) is 11.6 Å². The Balaban J connectivity index is 1.22. The molecule has 0 bridgehead atoms. The molecule has 0 N–H and O–H groups in total. The Kier molecular flexibility index (Phi) is 10.6. The zero-order valence-corrected chi connectivity index (χ0v) is 25.7. The molecule has 5 rings (SSSR count). The molecule has 4 aromatic carbocycles. The maximum absolute atomic E-state index is 15.3. The summed E-state index contributed by atoms with van der Waals surface area (Å²) < 4.78 is 134. The molecular formula is C37H31F9O2. The van der Waals surface area contributed by atoms with E-state index in [4.69, 9.17) is 4.74 Å². The molecule has 0 atom stereocenters. The summed E-state index contributed by atoms with van der Waals surface area (Å²) in [4.78, 5) is 0. The maximum Gasteiger partial charge on any atom is 0.573 e. The van der Waals surface area contributed by atoms with Gasteiger partial charge in [0.2, 0.25) is 5.75 Å². The summed E-state index contributed by atoms with van der Waals surface area (Å²) in [6.07, 6.45) is -2.25. The van der Waals surface area contributed by atoms with Gasteiger partial charge in [0.25, 0.3) is 0 Å². The van der Waals surface area contributed by atoms with Crippen molar-refractivity contribution < 1.29 is 49.0 Å². The van der Waals surface area contributed by atoms with Gasteiger partial charge in [-0.05, 0) is 97.9 Å². The van der Waals surface area contributed by atoms with Crippen molar-refractivity contribution in [2.75, 3.05) is 0 Å². The summed E-state index contributed by atoms with van der Waals surface area (Å²) >= 11 is 0. The highest BCUT2D eigenvalue weighted by Gasteiger charge is 2.38. The van der Waals surface area contributed by atoms with Crippen LogP contribution < -0.4 is 4.74 Å². The lowest BCUT2D eigenvalue weighted by atomic mass is 9.82. The van der Waals surface area contributed by atoms with E-state index in [0.717, 1.165) is 30.5 Å². The standard InChI is InChI=1S/C37H31F9O2/c1-2-3-4-5-22-6-12-27(13-7-22)36(42,43)47-28-14-8-23(9-15-28)24-10-16-29(31(38)18-24)25-11-17-30(32(39)19-25)26-20-33(40)35(34(41)21-26)48-37(44,45)46/h2-3,6-7,10-13,16-21,23,28H,4-5,8-9,14-15H2,1H3/b3-2+. The molecule has 1 aliphatic carbocycles. The fourth-order valence-corrected chi connectivity index (χ4v) is 5.94. The first-order valence-corrected chi connectivity index (χ1v) is 15.3. The lowest BCUT2D eigenvalue weighted by Gasteiger charge is -2.31. The van der Waals surface area contributed by atoms with Crippen LogP contribution in [0.1, 0.15) is 61.6 Å². The van der Waals surface area contributed by atoms with Crippen LogP contribution in [0.3, 0.4) is 0 Å². The van der Waals surface area contributed by atoms with Gasteiger partial charge >= 0.3 is 12.5 Å². The molecule has 254 valence electrons. The van der Waals surface area contributed by atoms with Crippen molar-refractivity contribution in [1.29, 1.82) is 0 Å². The first-order chi connectivity index (χ1) is 22.7. The molecule has 0 aliphatic heterocycles. The number of alkyl halides is 5. The number of ether oxygens (including phenoxy) is 2. The third-order valence-corrected chi connectivity index (χ3v) is 8.39. The van der Waals surface area contributed by atoms with Crippen LogP contribution in [0.25, 0.3) is 22.3 Å². The Labute approximate surface area is 271 Å². The van der Waals surface area contributed by atoms with Crippen molar-refractivity contribution in [3.05, 3.63) is 125 Å². The van der Waals surface area contributed by atoms with Crippen molar-refractivity contribution in [2.24, 2.45) is 0 Å². The number of rotatable bonds is 10. The number of allylic oxidation sites excluding steroid dienone is 2. The largest absolute Gasteiger partial charge is 0.573 e. The molecule has 2 nitrogen and oxygen atoms in total. The molecule has 0 spiro atoms. The zero-order valence-electron chi connectivity index (χ0n) is 25.7. The van der Waals surface area contributed by atoms with E-state index in [0.29, 0.717) is 43.4 Å². The molecule has 1 saturated carbocycles. The first kappa shape index (κ1) is 35.1. The highest BCUT2D eigenvalue weighted by molar-refractivity contribution is 5.72. The van der Waals surface area contributed by atoms with Crippen molar-refractivity contribution in [3.8, 4) is 28.0 Å². The van der Waals surface area contributed by atoms with Gasteiger partial charge in [-0.2, -0.15) is 8.78 Å². The van der Waals surface area contributed by atoms with Gasteiger partial charge in [0.1, 0.15) is 11.6 Å². The molecule has 11 heteroatoms. The highest BCUT2D eigenvalue weighted by Crippen LogP contribution is 2.40. The summed E-state index contributed by atoms with van der Waals surface area (Å²) in [7, 11) is 0. The van der Waals surface area contributed by atoms with Crippen LogP contribution in [-0.2, 0) is 17.3 Å². The van der Waals surface area contributed by atoms with Gasteiger partial charge in [-0.25, -0.2) is 17.6 Å². The SMILES string of the molecule is C/C=C/CCc1ccc(C(F)(F)OC2CCC(c3ccc(-c4ccc(-c5cc(F)c(OC(F)(F)F)c(F)c5)c(F)c4)c(F)c3)CC2)cc1. The van der Waals surface area contributed by atoms with Gasteiger partial charge in [-0.3, -0.25) is 0 Å². The predicted octanol–water partition coefficient (Wildman–Crippen LogP) is 11.8. The third kappa shape index (κ3) is 8.42. The van der Waals surface area contributed by atoms with Gasteiger partial charge in [0.05, 0.1) is 11.7 Å². The molecule has 0 unspecified atom stereocenters. The number of halogens is 9. The molecule has 1 aliphatic rings. The van der Waals surface area contributed by atoms with E-state index in [1.54, 1.807) is 18.2 Å². The van der Waals surface area contributed by atoms with E-state index < -0.39 is 47.6 Å². The number of hydrogen-bond acceptors (Lipinski definition) is 2. The minimum absolute atomic E-state index is 0.0417. The minimum atomic E-state index is -5.33. The van der Waals surface area contributed by atoms with E-state index >= 15 is 8.78 Å². The van der Waals surface area contributed by atoms with Crippen LogP contribution in [0.2, 0.25) is 0 Å². The molecule has 0 aromatic heterocycles. The summed E-state index contributed by atoms with van der Waals surface area (Å²) in [5.41, 5.74) is 0.838. The smallest absolute Gasteiger partial charge is 0.399 e.